The van der Waals surface area contributed by atoms with Crippen LogP contribution >= 0.6 is 0 Å². The van der Waals surface area contributed by atoms with Gasteiger partial charge in [-0.1, -0.05) is 12.8 Å². The minimum absolute atomic E-state index is 0.00785. The summed E-state index contributed by atoms with van der Waals surface area (Å²) in [5.74, 6) is 1.22. The second kappa shape index (κ2) is 8.24. The minimum atomic E-state index is -0.0934. The molecule has 2 aliphatic heterocycles. The summed E-state index contributed by atoms with van der Waals surface area (Å²) in [6.45, 7) is 2.71. The summed E-state index contributed by atoms with van der Waals surface area (Å²) in [5.41, 5.74) is 1.67. The van der Waals surface area contributed by atoms with Crippen LogP contribution in [0.15, 0.2) is 18.3 Å². The van der Waals surface area contributed by atoms with Crippen molar-refractivity contribution >= 4 is 23.1 Å². The first-order valence-electron chi connectivity index (χ1n) is 11.3. The number of aromatic amines is 1. The lowest BCUT2D eigenvalue weighted by Gasteiger charge is -2.34. The van der Waals surface area contributed by atoms with E-state index < -0.39 is 0 Å². The van der Waals surface area contributed by atoms with Gasteiger partial charge in [0.05, 0.1) is 11.4 Å². The molecule has 0 radical (unpaired) electrons. The molecule has 0 bridgehead atoms. The summed E-state index contributed by atoms with van der Waals surface area (Å²) in [5, 5.41) is 3.16. The maximum atomic E-state index is 13.2. The number of fused-ring (bicyclic) bond motifs is 1. The highest BCUT2D eigenvalue weighted by Crippen LogP contribution is 2.29. The van der Waals surface area contributed by atoms with Gasteiger partial charge in [-0.05, 0) is 44.2 Å². The van der Waals surface area contributed by atoms with E-state index in [1.165, 1.54) is 12.8 Å². The summed E-state index contributed by atoms with van der Waals surface area (Å²) < 4.78 is 0. The summed E-state index contributed by atoms with van der Waals surface area (Å²) in [7, 11) is 0. The van der Waals surface area contributed by atoms with E-state index in [1.807, 2.05) is 21.9 Å². The number of hydrogen-bond acceptors (Lipinski definition) is 4. The van der Waals surface area contributed by atoms with Gasteiger partial charge in [0.2, 0.25) is 5.91 Å². The third-order valence-corrected chi connectivity index (χ3v) is 6.90. The van der Waals surface area contributed by atoms with Crippen molar-refractivity contribution in [3.63, 3.8) is 0 Å². The Labute approximate surface area is 176 Å². The van der Waals surface area contributed by atoms with Crippen LogP contribution in [0.1, 0.15) is 56.7 Å². The topological polar surface area (TPSA) is 94.2 Å². The Kier molecular flexibility index (Phi) is 5.31. The van der Waals surface area contributed by atoms with Crippen molar-refractivity contribution in [2.24, 2.45) is 5.92 Å². The third-order valence-electron chi connectivity index (χ3n) is 6.90. The Morgan fingerprint density at radius 1 is 1.03 bits per heavy atom. The summed E-state index contributed by atoms with van der Waals surface area (Å²) >= 11 is 0. The molecular formula is C22H30N6O2. The standard InChI is InChI=1S/C22H30N6O2/c29-21(16-5-4-11-28(14-16)22(30)24-17-6-1-2-7-17)27-12-9-15(13-27)19-25-18-8-3-10-23-20(18)26-19/h3,8,10,15-17H,1-2,4-7,9,11-14H2,(H,24,30)(H,23,25,26). The lowest BCUT2D eigenvalue weighted by molar-refractivity contribution is -0.135. The van der Waals surface area contributed by atoms with Gasteiger partial charge in [0.15, 0.2) is 5.65 Å². The quantitative estimate of drug-likeness (QED) is 0.813. The molecule has 2 N–H and O–H groups in total. The number of urea groups is 1. The van der Waals surface area contributed by atoms with Gasteiger partial charge >= 0.3 is 6.03 Å². The molecule has 2 unspecified atom stereocenters. The van der Waals surface area contributed by atoms with Crippen LogP contribution in [0.4, 0.5) is 4.79 Å². The van der Waals surface area contributed by atoms with Crippen molar-refractivity contribution < 1.29 is 9.59 Å². The largest absolute Gasteiger partial charge is 0.342 e. The van der Waals surface area contributed by atoms with Crippen LogP contribution in [-0.4, -0.2) is 68.9 Å². The Morgan fingerprint density at radius 2 is 1.90 bits per heavy atom. The van der Waals surface area contributed by atoms with Gasteiger partial charge in [0, 0.05) is 44.3 Å². The van der Waals surface area contributed by atoms with E-state index in [4.69, 9.17) is 0 Å². The SMILES string of the molecule is O=C(NC1CCCC1)N1CCCC(C(=O)N2CCC(c3nc4ncccc4[nH]3)C2)C1. The molecule has 8 nitrogen and oxygen atoms in total. The molecule has 30 heavy (non-hydrogen) atoms. The summed E-state index contributed by atoms with van der Waals surface area (Å²) in [4.78, 5) is 41.9. The van der Waals surface area contributed by atoms with Gasteiger partial charge in [-0.15, -0.1) is 0 Å². The van der Waals surface area contributed by atoms with Gasteiger partial charge in [-0.25, -0.2) is 14.8 Å². The first-order valence-corrected chi connectivity index (χ1v) is 11.3. The van der Waals surface area contributed by atoms with Crippen molar-refractivity contribution in [2.45, 2.75) is 56.9 Å². The highest BCUT2D eigenvalue weighted by molar-refractivity contribution is 5.81. The van der Waals surface area contributed by atoms with E-state index >= 15 is 0 Å². The monoisotopic (exact) mass is 410 g/mol. The highest BCUT2D eigenvalue weighted by atomic mass is 16.2. The van der Waals surface area contributed by atoms with E-state index in [2.05, 4.69) is 20.3 Å². The van der Waals surface area contributed by atoms with Gasteiger partial charge < -0.3 is 20.1 Å². The second-order valence-corrected chi connectivity index (χ2v) is 8.98. The third kappa shape index (κ3) is 3.87. The predicted octanol–water partition coefficient (Wildman–Crippen LogP) is 2.64. The zero-order valence-electron chi connectivity index (χ0n) is 17.3. The van der Waals surface area contributed by atoms with Crippen LogP contribution in [0.3, 0.4) is 0 Å². The van der Waals surface area contributed by atoms with Crippen molar-refractivity contribution in [3.05, 3.63) is 24.2 Å². The lowest BCUT2D eigenvalue weighted by Crippen LogP contribution is -2.51. The van der Waals surface area contributed by atoms with Crippen molar-refractivity contribution in [3.8, 4) is 0 Å². The van der Waals surface area contributed by atoms with Crippen LogP contribution in [0.5, 0.6) is 0 Å². The number of amides is 3. The number of aromatic nitrogens is 3. The average molecular weight is 411 g/mol. The molecule has 2 saturated heterocycles. The second-order valence-electron chi connectivity index (χ2n) is 8.98. The molecule has 5 rings (SSSR count). The van der Waals surface area contributed by atoms with Crippen molar-refractivity contribution in [1.82, 2.24) is 30.1 Å². The fourth-order valence-electron chi connectivity index (χ4n) is 5.20. The molecule has 3 aliphatic rings. The molecule has 0 spiro atoms. The lowest BCUT2D eigenvalue weighted by atomic mass is 9.96. The number of carbonyl (C=O) groups is 2. The van der Waals surface area contributed by atoms with Gasteiger partial charge in [-0.2, -0.15) is 0 Å². The van der Waals surface area contributed by atoms with Crippen LogP contribution < -0.4 is 5.32 Å². The normalized spacial score (nSPS) is 25.2. The zero-order chi connectivity index (χ0) is 20.5. The predicted molar refractivity (Wildman–Crippen MR) is 113 cm³/mol. The molecule has 8 heteroatoms. The molecule has 160 valence electrons. The number of imidazole rings is 1. The molecule has 2 atom stereocenters. The number of hydrogen-bond donors (Lipinski definition) is 2. The van der Waals surface area contributed by atoms with Crippen molar-refractivity contribution in [1.29, 1.82) is 0 Å². The van der Waals surface area contributed by atoms with E-state index in [9.17, 15) is 9.59 Å². The summed E-state index contributed by atoms with van der Waals surface area (Å²) in [6.07, 6.45) is 8.96. The molecule has 4 heterocycles. The maximum Gasteiger partial charge on any atom is 0.317 e. The van der Waals surface area contributed by atoms with E-state index in [-0.39, 0.29) is 23.8 Å². The number of pyridine rings is 1. The first kappa shape index (κ1) is 19.3. The Morgan fingerprint density at radius 3 is 2.73 bits per heavy atom. The fourth-order valence-corrected chi connectivity index (χ4v) is 5.20. The smallest absolute Gasteiger partial charge is 0.317 e. The maximum absolute atomic E-state index is 13.2. The Hall–Kier alpha value is -2.64. The van der Waals surface area contributed by atoms with E-state index in [1.54, 1.807) is 6.20 Å². The molecular weight excluding hydrogens is 380 g/mol. The molecule has 0 aromatic carbocycles. The number of likely N-dealkylation sites (tertiary alicyclic amines) is 2. The number of H-pyrrole nitrogens is 1. The number of carbonyl (C=O) groups excluding carboxylic acids is 2. The summed E-state index contributed by atoms with van der Waals surface area (Å²) in [6, 6.07) is 4.19. The van der Waals surface area contributed by atoms with Crippen LogP contribution in [-0.2, 0) is 4.79 Å². The van der Waals surface area contributed by atoms with Crippen LogP contribution in [0, 0.1) is 5.92 Å². The van der Waals surface area contributed by atoms with Crippen LogP contribution in [0.2, 0.25) is 0 Å². The van der Waals surface area contributed by atoms with Crippen LogP contribution in [0.25, 0.3) is 11.2 Å². The molecule has 2 aromatic rings. The Balaban J connectivity index is 1.18. The minimum Gasteiger partial charge on any atom is -0.342 e. The van der Waals surface area contributed by atoms with Gasteiger partial charge in [-0.3, -0.25) is 4.79 Å². The van der Waals surface area contributed by atoms with Gasteiger partial charge in [0.25, 0.3) is 0 Å². The van der Waals surface area contributed by atoms with E-state index in [0.29, 0.717) is 19.1 Å². The fraction of sp³-hybridized carbons (Fsp3) is 0.636. The Bertz CT molecular complexity index is 888. The van der Waals surface area contributed by atoms with Gasteiger partial charge in [0.1, 0.15) is 5.82 Å². The van der Waals surface area contributed by atoms with E-state index in [0.717, 1.165) is 62.2 Å². The molecule has 1 aliphatic carbocycles. The average Bonchev–Trinajstić information content (AvgIpc) is 3.53. The number of piperidine rings is 1. The van der Waals surface area contributed by atoms with Crippen molar-refractivity contribution in [2.75, 3.05) is 26.2 Å². The number of nitrogens with one attached hydrogen (secondary N) is 2. The molecule has 3 fully saturated rings. The number of rotatable bonds is 3. The number of nitrogens with zero attached hydrogens (tertiary/aromatic N) is 4. The molecule has 1 saturated carbocycles. The molecule has 2 aromatic heterocycles. The highest BCUT2D eigenvalue weighted by Gasteiger charge is 2.36. The molecule has 3 amide bonds. The zero-order valence-corrected chi connectivity index (χ0v) is 17.3. The first-order chi connectivity index (χ1) is 14.7.